The number of ether oxygens (including phenoxy) is 1. The van der Waals surface area contributed by atoms with Crippen LogP contribution < -0.4 is 4.90 Å². The third-order valence-corrected chi connectivity index (χ3v) is 5.58. The van der Waals surface area contributed by atoms with Crippen molar-refractivity contribution in [1.82, 2.24) is 14.8 Å². The summed E-state index contributed by atoms with van der Waals surface area (Å²) in [5.41, 5.74) is 1.74. The zero-order valence-corrected chi connectivity index (χ0v) is 14.9. The molecule has 0 unspecified atom stereocenters. The van der Waals surface area contributed by atoms with Gasteiger partial charge in [-0.15, -0.1) is 11.3 Å². The molecular weight excluding hydrogens is 340 g/mol. The summed E-state index contributed by atoms with van der Waals surface area (Å²) >= 11 is 1.69. The molecule has 0 aliphatic carbocycles. The first-order chi connectivity index (χ1) is 12.3. The Kier molecular flexibility index (Phi) is 5.00. The molecule has 2 aliphatic rings. The molecule has 2 aliphatic heterocycles. The highest BCUT2D eigenvalue weighted by Crippen LogP contribution is 2.23. The molecule has 8 heteroatoms. The molecule has 2 saturated heterocycles. The van der Waals surface area contributed by atoms with Crippen molar-refractivity contribution in [1.29, 1.82) is 0 Å². The lowest BCUT2D eigenvalue weighted by atomic mass is 10.2. The zero-order valence-electron chi connectivity index (χ0n) is 14.1. The van der Waals surface area contributed by atoms with Crippen molar-refractivity contribution in [3.05, 3.63) is 35.2 Å². The number of aromatic nitrogens is 1. The van der Waals surface area contributed by atoms with E-state index in [2.05, 4.69) is 15.2 Å². The maximum absolute atomic E-state index is 12.3. The Morgan fingerprint density at radius 3 is 2.68 bits per heavy atom. The largest absolute Gasteiger partial charge is 0.472 e. The van der Waals surface area contributed by atoms with Crippen molar-refractivity contribution in [2.45, 2.75) is 6.54 Å². The molecule has 134 valence electrons. The third-order valence-electron chi connectivity index (χ3n) is 4.63. The molecule has 0 spiro atoms. The number of rotatable bonds is 4. The standard InChI is InChI=1S/C17H22N4O3S/c22-16(14-1-8-24-12-14)20-2-4-21(5-3-20)17-18-15(13-25-17)11-19-6-9-23-10-7-19/h1,8,12-13H,2-7,9-11H2. The van der Waals surface area contributed by atoms with Crippen LogP contribution in [0.5, 0.6) is 0 Å². The zero-order chi connectivity index (χ0) is 17.1. The minimum Gasteiger partial charge on any atom is -0.472 e. The summed E-state index contributed by atoms with van der Waals surface area (Å²) in [6.07, 6.45) is 3.04. The summed E-state index contributed by atoms with van der Waals surface area (Å²) in [5.74, 6) is 0.0422. The van der Waals surface area contributed by atoms with Gasteiger partial charge in [-0.3, -0.25) is 9.69 Å². The molecule has 7 nitrogen and oxygen atoms in total. The van der Waals surface area contributed by atoms with E-state index in [9.17, 15) is 4.79 Å². The minimum absolute atomic E-state index is 0.0422. The van der Waals surface area contributed by atoms with Crippen LogP contribution >= 0.6 is 11.3 Å². The number of hydrogen-bond donors (Lipinski definition) is 0. The van der Waals surface area contributed by atoms with Gasteiger partial charge in [0.1, 0.15) is 6.26 Å². The Hall–Kier alpha value is -1.90. The maximum atomic E-state index is 12.3. The summed E-state index contributed by atoms with van der Waals surface area (Å²) in [7, 11) is 0. The van der Waals surface area contributed by atoms with Gasteiger partial charge in [-0.25, -0.2) is 4.98 Å². The van der Waals surface area contributed by atoms with E-state index < -0.39 is 0 Å². The molecule has 0 aromatic carbocycles. The van der Waals surface area contributed by atoms with Crippen LogP contribution in [0.4, 0.5) is 5.13 Å². The van der Waals surface area contributed by atoms with Crippen molar-refractivity contribution in [3.8, 4) is 0 Å². The molecule has 2 fully saturated rings. The predicted octanol–water partition coefficient (Wildman–Crippen LogP) is 1.53. The molecule has 0 radical (unpaired) electrons. The highest BCUT2D eigenvalue weighted by molar-refractivity contribution is 7.13. The van der Waals surface area contributed by atoms with Gasteiger partial charge in [-0.1, -0.05) is 0 Å². The number of carbonyl (C=O) groups is 1. The molecule has 0 bridgehead atoms. The number of anilines is 1. The highest BCUT2D eigenvalue weighted by Gasteiger charge is 2.24. The first-order valence-electron chi connectivity index (χ1n) is 8.60. The number of amides is 1. The number of hydrogen-bond acceptors (Lipinski definition) is 7. The predicted molar refractivity (Wildman–Crippen MR) is 95.0 cm³/mol. The average Bonchev–Trinajstić information content (AvgIpc) is 3.34. The van der Waals surface area contributed by atoms with Gasteiger partial charge in [0.05, 0.1) is 30.7 Å². The molecule has 25 heavy (non-hydrogen) atoms. The summed E-state index contributed by atoms with van der Waals surface area (Å²) in [4.78, 5) is 23.7. The minimum atomic E-state index is 0.0422. The number of morpholine rings is 1. The van der Waals surface area contributed by atoms with Crippen molar-refractivity contribution < 1.29 is 13.9 Å². The van der Waals surface area contributed by atoms with Gasteiger partial charge in [0.2, 0.25) is 0 Å². The van der Waals surface area contributed by atoms with E-state index in [1.807, 2.05) is 4.90 Å². The Labute approximate surface area is 150 Å². The van der Waals surface area contributed by atoms with Gasteiger partial charge in [0.15, 0.2) is 5.13 Å². The van der Waals surface area contributed by atoms with Gasteiger partial charge in [-0.05, 0) is 6.07 Å². The summed E-state index contributed by atoms with van der Waals surface area (Å²) in [6.45, 7) is 7.50. The third kappa shape index (κ3) is 3.86. The molecule has 0 atom stereocenters. The van der Waals surface area contributed by atoms with E-state index in [4.69, 9.17) is 14.1 Å². The van der Waals surface area contributed by atoms with E-state index in [0.717, 1.165) is 56.8 Å². The number of thiazole rings is 1. The fraction of sp³-hybridized carbons (Fsp3) is 0.529. The monoisotopic (exact) mass is 362 g/mol. The first kappa shape index (κ1) is 16.6. The molecule has 0 N–H and O–H groups in total. The lowest BCUT2D eigenvalue weighted by Gasteiger charge is -2.34. The van der Waals surface area contributed by atoms with Crippen LogP contribution in [0.3, 0.4) is 0 Å². The second-order valence-corrected chi connectivity index (χ2v) is 7.14. The van der Waals surface area contributed by atoms with Gasteiger partial charge < -0.3 is 19.0 Å². The van der Waals surface area contributed by atoms with Crippen molar-refractivity contribution in [2.75, 3.05) is 57.4 Å². The van der Waals surface area contributed by atoms with E-state index in [1.165, 1.54) is 12.5 Å². The summed E-state index contributed by atoms with van der Waals surface area (Å²) in [5, 5.41) is 3.20. The highest BCUT2D eigenvalue weighted by atomic mass is 32.1. The van der Waals surface area contributed by atoms with Crippen molar-refractivity contribution >= 4 is 22.4 Å². The van der Waals surface area contributed by atoms with Crippen molar-refractivity contribution in [2.24, 2.45) is 0 Å². The molecule has 1 amide bonds. The normalized spacial score (nSPS) is 19.4. The van der Waals surface area contributed by atoms with Gasteiger partial charge in [0, 0.05) is 51.2 Å². The molecular formula is C17H22N4O3S. The number of carbonyl (C=O) groups excluding carboxylic acids is 1. The maximum Gasteiger partial charge on any atom is 0.257 e. The Morgan fingerprint density at radius 1 is 1.16 bits per heavy atom. The fourth-order valence-electron chi connectivity index (χ4n) is 3.17. The quantitative estimate of drug-likeness (QED) is 0.822. The van der Waals surface area contributed by atoms with Crippen molar-refractivity contribution in [3.63, 3.8) is 0 Å². The smallest absolute Gasteiger partial charge is 0.257 e. The number of furan rings is 1. The van der Waals surface area contributed by atoms with Crippen LogP contribution in [0.2, 0.25) is 0 Å². The first-order valence-corrected chi connectivity index (χ1v) is 9.48. The summed E-state index contributed by atoms with van der Waals surface area (Å²) in [6, 6.07) is 1.72. The van der Waals surface area contributed by atoms with Gasteiger partial charge >= 0.3 is 0 Å². The van der Waals surface area contributed by atoms with Gasteiger partial charge in [0.25, 0.3) is 5.91 Å². The second kappa shape index (κ2) is 7.55. The van der Waals surface area contributed by atoms with Crippen LogP contribution in [0.15, 0.2) is 28.4 Å². The van der Waals surface area contributed by atoms with E-state index in [0.29, 0.717) is 18.7 Å². The van der Waals surface area contributed by atoms with E-state index >= 15 is 0 Å². The van der Waals surface area contributed by atoms with Crippen LogP contribution in [-0.2, 0) is 11.3 Å². The average molecular weight is 362 g/mol. The Bertz CT molecular complexity index is 689. The SMILES string of the molecule is O=C(c1ccoc1)N1CCN(c2nc(CN3CCOCC3)cs2)CC1. The fourth-order valence-corrected chi connectivity index (χ4v) is 4.04. The van der Waals surface area contributed by atoms with Crippen LogP contribution in [-0.4, -0.2) is 73.2 Å². The lowest BCUT2D eigenvalue weighted by Crippen LogP contribution is -2.48. The Balaban J connectivity index is 1.31. The van der Waals surface area contributed by atoms with Crippen LogP contribution in [0.1, 0.15) is 16.1 Å². The summed E-state index contributed by atoms with van der Waals surface area (Å²) < 4.78 is 10.4. The lowest BCUT2D eigenvalue weighted by molar-refractivity contribution is 0.0337. The molecule has 2 aromatic rings. The molecule has 2 aromatic heterocycles. The second-order valence-electron chi connectivity index (χ2n) is 6.30. The van der Waals surface area contributed by atoms with Crippen LogP contribution in [0, 0.1) is 0 Å². The molecule has 4 rings (SSSR count). The van der Waals surface area contributed by atoms with Crippen LogP contribution in [0.25, 0.3) is 0 Å². The van der Waals surface area contributed by atoms with Gasteiger partial charge in [-0.2, -0.15) is 0 Å². The Morgan fingerprint density at radius 2 is 1.96 bits per heavy atom. The van der Waals surface area contributed by atoms with E-state index in [-0.39, 0.29) is 5.91 Å². The number of piperazine rings is 1. The molecule has 4 heterocycles. The number of nitrogens with zero attached hydrogens (tertiary/aromatic N) is 4. The molecule has 0 saturated carbocycles. The topological polar surface area (TPSA) is 62.1 Å². The van der Waals surface area contributed by atoms with E-state index in [1.54, 1.807) is 17.4 Å².